The van der Waals surface area contributed by atoms with Gasteiger partial charge in [-0.15, -0.1) is 0 Å². The summed E-state index contributed by atoms with van der Waals surface area (Å²) in [5.41, 5.74) is 7.96. The van der Waals surface area contributed by atoms with Crippen molar-refractivity contribution in [2.24, 2.45) is 5.73 Å². The maximum Gasteiger partial charge on any atom is 0.408 e. The van der Waals surface area contributed by atoms with Crippen LogP contribution in [0.25, 0.3) is 0 Å². The second kappa shape index (κ2) is 12.9. The van der Waals surface area contributed by atoms with Gasteiger partial charge in [-0.25, -0.2) is 4.79 Å². The number of carbonyl (C=O) groups excluding carboxylic acids is 4. The minimum Gasteiger partial charge on any atom is -0.444 e. The number of hydrogen-bond donors (Lipinski definition) is 3. The summed E-state index contributed by atoms with van der Waals surface area (Å²) in [6.45, 7) is 11.0. The summed E-state index contributed by atoms with van der Waals surface area (Å²) < 4.78 is 5.28. The van der Waals surface area contributed by atoms with E-state index in [1.165, 1.54) is 4.90 Å². The molecule has 0 aromatic heterocycles. The van der Waals surface area contributed by atoms with Crippen molar-refractivity contribution in [2.45, 2.75) is 72.2 Å². The standard InChI is InChI=1S/C28H38N4O5/c1-7-32(26(35)22(16-23(29)33)31-27(36)37-28(4,5)6)24(21-15-11-12-18(2)19(21)3)25(34)30-17-20-13-9-8-10-14-20/h8-15,22,24H,7,16-17H2,1-6H3,(H2,29,33)(H,30,34)(H,31,36). The number of rotatable bonds is 10. The number of carbonyl (C=O) groups is 4. The average molecular weight is 511 g/mol. The fraction of sp³-hybridized carbons (Fsp3) is 0.429. The monoisotopic (exact) mass is 510 g/mol. The van der Waals surface area contributed by atoms with Gasteiger partial charge in [-0.1, -0.05) is 48.5 Å². The van der Waals surface area contributed by atoms with Crippen LogP contribution in [0.5, 0.6) is 0 Å². The van der Waals surface area contributed by atoms with Crippen LogP contribution in [0.4, 0.5) is 4.79 Å². The average Bonchev–Trinajstić information content (AvgIpc) is 2.81. The van der Waals surface area contributed by atoms with Crippen LogP contribution < -0.4 is 16.4 Å². The maximum absolute atomic E-state index is 13.8. The van der Waals surface area contributed by atoms with E-state index in [1.807, 2.05) is 56.3 Å². The first-order chi connectivity index (χ1) is 17.3. The summed E-state index contributed by atoms with van der Waals surface area (Å²) in [5.74, 6) is -1.78. The third-order valence-corrected chi connectivity index (χ3v) is 5.83. The number of nitrogens with two attached hydrogens (primary N) is 1. The number of nitrogens with one attached hydrogen (secondary N) is 2. The number of nitrogens with zero attached hydrogens (tertiary/aromatic N) is 1. The Bertz CT molecular complexity index is 1110. The van der Waals surface area contributed by atoms with Gasteiger partial charge in [0.2, 0.25) is 17.7 Å². The Labute approximate surface area is 218 Å². The van der Waals surface area contributed by atoms with Crippen molar-refractivity contribution < 1.29 is 23.9 Å². The van der Waals surface area contributed by atoms with Gasteiger partial charge in [-0.3, -0.25) is 14.4 Å². The first kappa shape index (κ1) is 29.4. The van der Waals surface area contributed by atoms with E-state index in [1.54, 1.807) is 33.8 Å². The number of benzene rings is 2. The molecule has 4 amide bonds. The van der Waals surface area contributed by atoms with Gasteiger partial charge in [-0.2, -0.15) is 0 Å². The van der Waals surface area contributed by atoms with Gasteiger partial charge in [0, 0.05) is 13.1 Å². The normalized spacial score (nSPS) is 12.7. The molecule has 0 heterocycles. The lowest BCUT2D eigenvalue weighted by atomic mass is 9.95. The molecule has 200 valence electrons. The summed E-state index contributed by atoms with van der Waals surface area (Å²) in [4.78, 5) is 53.0. The van der Waals surface area contributed by atoms with Gasteiger partial charge in [0.15, 0.2) is 0 Å². The molecule has 9 nitrogen and oxygen atoms in total. The fourth-order valence-corrected chi connectivity index (χ4v) is 3.92. The van der Waals surface area contributed by atoms with Crippen LogP contribution >= 0.6 is 0 Å². The van der Waals surface area contributed by atoms with Gasteiger partial charge in [0.05, 0.1) is 6.42 Å². The summed E-state index contributed by atoms with van der Waals surface area (Å²) in [5, 5.41) is 5.39. The SMILES string of the molecule is CCN(C(=O)C(CC(N)=O)NC(=O)OC(C)(C)C)C(C(=O)NCc1ccccc1)c1cccc(C)c1C. The van der Waals surface area contributed by atoms with E-state index in [9.17, 15) is 19.2 Å². The van der Waals surface area contributed by atoms with Crippen LogP contribution in [0.3, 0.4) is 0 Å². The molecule has 4 N–H and O–H groups in total. The highest BCUT2D eigenvalue weighted by molar-refractivity contribution is 5.94. The van der Waals surface area contributed by atoms with E-state index >= 15 is 0 Å². The van der Waals surface area contributed by atoms with Crippen LogP contribution in [0.1, 0.15) is 62.4 Å². The van der Waals surface area contributed by atoms with Crippen LogP contribution in [0, 0.1) is 13.8 Å². The molecule has 0 aliphatic heterocycles. The van der Waals surface area contributed by atoms with Crippen molar-refractivity contribution in [1.29, 1.82) is 0 Å². The molecule has 2 aromatic carbocycles. The third kappa shape index (κ3) is 8.63. The van der Waals surface area contributed by atoms with E-state index in [2.05, 4.69) is 10.6 Å². The number of primary amides is 1. The third-order valence-electron chi connectivity index (χ3n) is 5.83. The molecular weight excluding hydrogens is 472 g/mol. The van der Waals surface area contributed by atoms with Crippen molar-refractivity contribution in [2.75, 3.05) is 6.54 Å². The molecule has 0 fully saturated rings. The van der Waals surface area contributed by atoms with E-state index < -0.39 is 42.0 Å². The molecule has 0 aliphatic carbocycles. The fourth-order valence-electron chi connectivity index (χ4n) is 3.92. The number of amides is 4. The maximum atomic E-state index is 13.8. The number of likely N-dealkylation sites (N-methyl/N-ethyl adjacent to an activating group) is 1. The lowest BCUT2D eigenvalue weighted by molar-refractivity contribution is -0.143. The van der Waals surface area contributed by atoms with Gasteiger partial charge in [-0.05, 0) is 63.8 Å². The highest BCUT2D eigenvalue weighted by Gasteiger charge is 2.36. The second-order valence-corrected chi connectivity index (χ2v) is 9.89. The minimum atomic E-state index is -1.30. The quantitative estimate of drug-likeness (QED) is 0.452. The molecule has 0 aliphatic rings. The first-order valence-corrected chi connectivity index (χ1v) is 12.3. The predicted octanol–water partition coefficient (Wildman–Crippen LogP) is 3.28. The van der Waals surface area contributed by atoms with Gasteiger partial charge >= 0.3 is 6.09 Å². The summed E-state index contributed by atoms with van der Waals surface area (Å²) >= 11 is 0. The molecular formula is C28H38N4O5. The Hall–Kier alpha value is -3.88. The van der Waals surface area contributed by atoms with E-state index in [-0.39, 0.29) is 19.0 Å². The molecule has 0 saturated heterocycles. The highest BCUT2D eigenvalue weighted by Crippen LogP contribution is 2.27. The zero-order valence-corrected chi connectivity index (χ0v) is 22.5. The zero-order chi connectivity index (χ0) is 27.8. The van der Waals surface area contributed by atoms with Gasteiger partial charge in [0.25, 0.3) is 0 Å². The summed E-state index contributed by atoms with van der Waals surface area (Å²) in [7, 11) is 0. The van der Waals surface area contributed by atoms with Crippen LogP contribution in [-0.4, -0.2) is 46.9 Å². The smallest absolute Gasteiger partial charge is 0.408 e. The predicted molar refractivity (Wildman–Crippen MR) is 141 cm³/mol. The van der Waals surface area contributed by atoms with Crippen molar-refractivity contribution in [3.63, 3.8) is 0 Å². The topological polar surface area (TPSA) is 131 Å². The van der Waals surface area contributed by atoms with E-state index in [0.29, 0.717) is 5.56 Å². The number of hydrogen-bond acceptors (Lipinski definition) is 5. The van der Waals surface area contributed by atoms with Crippen LogP contribution in [0.2, 0.25) is 0 Å². The largest absolute Gasteiger partial charge is 0.444 e. The lowest BCUT2D eigenvalue weighted by Gasteiger charge is -2.34. The molecule has 0 bridgehead atoms. The second-order valence-electron chi connectivity index (χ2n) is 9.89. The summed E-state index contributed by atoms with van der Waals surface area (Å²) in [6.07, 6.45) is -1.31. The van der Waals surface area contributed by atoms with E-state index in [0.717, 1.165) is 16.7 Å². The number of alkyl carbamates (subject to hydrolysis) is 1. The highest BCUT2D eigenvalue weighted by atomic mass is 16.6. The Morgan fingerprint density at radius 1 is 1.00 bits per heavy atom. The van der Waals surface area contributed by atoms with Crippen LogP contribution in [0.15, 0.2) is 48.5 Å². The van der Waals surface area contributed by atoms with Crippen molar-refractivity contribution >= 4 is 23.8 Å². The lowest BCUT2D eigenvalue weighted by Crippen LogP contribution is -2.54. The summed E-state index contributed by atoms with van der Waals surface area (Å²) in [6, 6.07) is 12.7. The van der Waals surface area contributed by atoms with Gasteiger partial charge in [0.1, 0.15) is 17.7 Å². The van der Waals surface area contributed by atoms with Gasteiger partial charge < -0.3 is 26.0 Å². The molecule has 0 spiro atoms. The molecule has 2 rings (SSSR count). The first-order valence-electron chi connectivity index (χ1n) is 12.3. The van der Waals surface area contributed by atoms with Crippen molar-refractivity contribution in [3.8, 4) is 0 Å². The minimum absolute atomic E-state index is 0.140. The molecule has 2 aromatic rings. The zero-order valence-electron chi connectivity index (χ0n) is 22.5. The Morgan fingerprint density at radius 3 is 2.22 bits per heavy atom. The molecule has 0 radical (unpaired) electrons. The van der Waals surface area contributed by atoms with Crippen molar-refractivity contribution in [1.82, 2.24) is 15.5 Å². The molecule has 37 heavy (non-hydrogen) atoms. The molecule has 2 unspecified atom stereocenters. The molecule has 9 heteroatoms. The Morgan fingerprint density at radius 2 is 1.65 bits per heavy atom. The molecule has 0 saturated carbocycles. The Kier molecular flexibility index (Phi) is 10.2. The number of ether oxygens (including phenoxy) is 1. The Balaban J connectivity index is 2.44. The van der Waals surface area contributed by atoms with Crippen LogP contribution in [-0.2, 0) is 25.7 Å². The number of aryl methyl sites for hydroxylation is 1. The van der Waals surface area contributed by atoms with Crippen molar-refractivity contribution in [3.05, 3.63) is 70.8 Å². The molecule has 2 atom stereocenters. The van der Waals surface area contributed by atoms with E-state index in [4.69, 9.17) is 10.5 Å².